The third-order valence-corrected chi connectivity index (χ3v) is 9.76. The van der Waals surface area contributed by atoms with Crippen LogP contribution in [0.5, 0.6) is 0 Å². The summed E-state index contributed by atoms with van der Waals surface area (Å²) in [5, 5.41) is 186. The number of carboxylic acids is 1. The molecule has 322 valence electrons. The van der Waals surface area contributed by atoms with Gasteiger partial charge in [-0.1, -0.05) is 0 Å². The average Bonchev–Trinajstić information content (AvgIpc) is 3.48. The highest BCUT2D eigenvalue weighted by Gasteiger charge is 2.59. The van der Waals surface area contributed by atoms with Crippen molar-refractivity contribution in [3.63, 3.8) is 0 Å². The molecule has 4 aliphatic heterocycles. The molecule has 0 aliphatic carbocycles. The van der Waals surface area contributed by atoms with Gasteiger partial charge in [-0.2, -0.15) is 0 Å². The van der Waals surface area contributed by atoms with Gasteiger partial charge in [-0.3, -0.25) is 0 Å². The molecule has 0 amide bonds. The fraction of sp³-hybridized carbons (Fsp3) is 0.966. The Hall–Kier alpha value is -1.49. The first kappa shape index (κ1) is 46.2. The molecule has 26 heteroatoms. The van der Waals surface area contributed by atoms with Gasteiger partial charge in [0.15, 0.2) is 18.9 Å². The Morgan fingerprint density at radius 3 is 1.55 bits per heavy atom. The van der Waals surface area contributed by atoms with Gasteiger partial charge in [-0.15, -0.1) is 0 Å². The number of ether oxygens (including phenoxy) is 7. The molecule has 4 fully saturated rings. The van der Waals surface area contributed by atoms with Gasteiger partial charge in [0.25, 0.3) is 5.79 Å². The smallest absolute Gasteiger partial charge is 0.364 e. The van der Waals surface area contributed by atoms with E-state index in [-0.39, 0.29) is 0 Å². The standard InChI is InChI=1S/C29H50O26/c30-2-7(35)18-12(40)11(39)15(43)25(49-18)54-24-14(42)13(41)19(8(36)3-31)51-27(24)53-23-16(44)20(9(37)4-32)50-26(17(23)45)52-21(10(38)5-33)22-6(34)1-29(48,55-22)28(46)47/h6-27,30-45,48H,1-5H2,(H,46,47)/t6-,7-,8+,9+,10-,11+,12+,13+,14+,15+,16-,17+,18-,19-,20-,21-,22-,23+,24+,25-,26-,27-,29?/m1/s1. The molecule has 0 aromatic heterocycles. The largest absolute Gasteiger partial charge is 0.477 e. The number of carbonyl (C=O) groups is 1. The molecule has 0 bridgehead atoms. The zero-order valence-electron chi connectivity index (χ0n) is 28.6. The van der Waals surface area contributed by atoms with Crippen molar-refractivity contribution in [2.24, 2.45) is 0 Å². The summed E-state index contributed by atoms with van der Waals surface area (Å²) in [5.74, 6) is -4.97. The van der Waals surface area contributed by atoms with Gasteiger partial charge in [0.2, 0.25) is 0 Å². The van der Waals surface area contributed by atoms with Crippen molar-refractivity contribution in [3.05, 3.63) is 0 Å². The number of rotatable bonds is 16. The number of hydrogen-bond acceptors (Lipinski definition) is 25. The van der Waals surface area contributed by atoms with Crippen LogP contribution >= 0.6 is 0 Å². The third kappa shape index (κ3) is 9.54. The monoisotopic (exact) mass is 814 g/mol. The second kappa shape index (κ2) is 19.1. The Morgan fingerprint density at radius 2 is 1.05 bits per heavy atom. The Bertz CT molecular complexity index is 1220. The Balaban J connectivity index is 1.69. The van der Waals surface area contributed by atoms with E-state index < -0.39 is 179 Å². The maximum absolute atomic E-state index is 11.6. The number of aliphatic hydroxyl groups is 17. The second-order valence-corrected chi connectivity index (χ2v) is 13.6. The Kier molecular flexibility index (Phi) is 16.0. The van der Waals surface area contributed by atoms with E-state index in [9.17, 15) is 96.7 Å². The van der Waals surface area contributed by atoms with Crippen molar-refractivity contribution in [1.82, 2.24) is 0 Å². The molecule has 1 unspecified atom stereocenters. The lowest BCUT2D eigenvalue weighted by Crippen LogP contribution is -2.69. The van der Waals surface area contributed by atoms with Gasteiger partial charge >= 0.3 is 5.97 Å². The van der Waals surface area contributed by atoms with Gasteiger partial charge in [0.05, 0.1) is 32.5 Å². The van der Waals surface area contributed by atoms with E-state index >= 15 is 0 Å². The summed E-state index contributed by atoms with van der Waals surface area (Å²) >= 11 is 0. The molecular weight excluding hydrogens is 764 g/mol. The summed E-state index contributed by atoms with van der Waals surface area (Å²) in [7, 11) is 0. The first-order valence-electron chi connectivity index (χ1n) is 16.9. The molecule has 4 rings (SSSR count). The first-order valence-corrected chi connectivity index (χ1v) is 16.9. The summed E-state index contributed by atoms with van der Waals surface area (Å²) in [6.07, 6.45) is -47.1. The van der Waals surface area contributed by atoms with Gasteiger partial charge < -0.3 is 125 Å². The summed E-state index contributed by atoms with van der Waals surface area (Å²) < 4.78 is 38.3. The number of hydrogen-bond donors (Lipinski definition) is 18. The Labute approximate surface area is 309 Å². The van der Waals surface area contributed by atoms with Gasteiger partial charge in [0.1, 0.15) is 110 Å². The fourth-order valence-corrected chi connectivity index (χ4v) is 6.63. The topological polar surface area (TPSA) is 446 Å². The van der Waals surface area contributed by atoms with E-state index in [1.165, 1.54) is 0 Å². The van der Waals surface area contributed by atoms with E-state index in [0.717, 1.165) is 0 Å². The van der Waals surface area contributed by atoms with Crippen LogP contribution in [0.4, 0.5) is 0 Å². The molecule has 55 heavy (non-hydrogen) atoms. The zero-order chi connectivity index (χ0) is 41.3. The molecule has 4 aliphatic rings. The van der Waals surface area contributed by atoms with Crippen LogP contribution < -0.4 is 0 Å². The highest BCUT2D eigenvalue weighted by Crippen LogP contribution is 2.37. The molecule has 0 radical (unpaired) electrons. The minimum absolute atomic E-state index is 0.972. The number of carboxylic acid groups (broad SMARTS) is 1. The van der Waals surface area contributed by atoms with Crippen LogP contribution in [-0.2, 0) is 38.0 Å². The predicted octanol–water partition coefficient (Wildman–Crippen LogP) is -11.8. The molecule has 4 saturated heterocycles. The molecule has 23 atom stereocenters. The first-order chi connectivity index (χ1) is 25.8. The molecule has 4 heterocycles. The highest BCUT2D eigenvalue weighted by atomic mass is 16.8. The van der Waals surface area contributed by atoms with E-state index in [2.05, 4.69) is 0 Å². The van der Waals surface area contributed by atoms with Crippen molar-refractivity contribution in [2.45, 2.75) is 147 Å². The maximum Gasteiger partial charge on any atom is 0.364 e. The molecule has 26 nitrogen and oxygen atoms in total. The predicted molar refractivity (Wildman–Crippen MR) is 163 cm³/mol. The molecule has 0 saturated carbocycles. The minimum Gasteiger partial charge on any atom is -0.477 e. The minimum atomic E-state index is -3.02. The van der Waals surface area contributed by atoms with Gasteiger partial charge in [0, 0.05) is 6.42 Å². The highest BCUT2D eigenvalue weighted by molar-refractivity contribution is 5.75. The molecular formula is C29H50O26. The Morgan fingerprint density at radius 1 is 0.582 bits per heavy atom. The summed E-state index contributed by atoms with van der Waals surface area (Å²) in [4.78, 5) is 11.6. The lowest BCUT2D eigenvalue weighted by Gasteiger charge is -2.50. The van der Waals surface area contributed by atoms with Crippen LogP contribution in [0.3, 0.4) is 0 Å². The molecule has 0 aromatic rings. The van der Waals surface area contributed by atoms with Crippen molar-refractivity contribution in [3.8, 4) is 0 Å². The van der Waals surface area contributed by atoms with E-state index in [0.29, 0.717) is 0 Å². The van der Waals surface area contributed by atoms with Crippen LogP contribution in [0.25, 0.3) is 0 Å². The average molecular weight is 815 g/mol. The summed E-state index contributed by atoms with van der Waals surface area (Å²) in [6.45, 7) is -4.42. The van der Waals surface area contributed by atoms with Crippen molar-refractivity contribution in [2.75, 3.05) is 26.4 Å². The lowest BCUT2D eigenvalue weighted by atomic mass is 9.93. The van der Waals surface area contributed by atoms with E-state index in [4.69, 9.17) is 33.2 Å². The van der Waals surface area contributed by atoms with E-state index in [1.807, 2.05) is 0 Å². The third-order valence-electron chi connectivity index (χ3n) is 9.76. The van der Waals surface area contributed by atoms with Crippen molar-refractivity contribution in [1.29, 1.82) is 0 Å². The summed E-state index contributed by atoms with van der Waals surface area (Å²) in [6, 6.07) is 0. The second-order valence-electron chi connectivity index (χ2n) is 13.6. The molecule has 0 spiro atoms. The van der Waals surface area contributed by atoms with Crippen molar-refractivity contribution < 1.29 is 130 Å². The normalized spacial score (nSPS) is 46.8. The maximum atomic E-state index is 11.6. The van der Waals surface area contributed by atoms with Crippen LogP contribution in [0.1, 0.15) is 6.42 Å². The van der Waals surface area contributed by atoms with Crippen LogP contribution in [0, 0.1) is 0 Å². The molecule has 0 aromatic carbocycles. The van der Waals surface area contributed by atoms with Crippen LogP contribution in [-0.4, -0.2) is 265 Å². The number of aliphatic carboxylic acids is 1. The lowest BCUT2D eigenvalue weighted by molar-refractivity contribution is -0.399. The van der Waals surface area contributed by atoms with Gasteiger partial charge in [-0.05, 0) is 0 Å². The van der Waals surface area contributed by atoms with Crippen molar-refractivity contribution >= 4 is 5.97 Å². The SMILES string of the molecule is O=C(O)C1(O)C[C@@H](O)[C@H]([C@H](O[C@H]2O[C@H]([C@@H](O)CO)[C@@H](O)[C@H](O[C@H]3O[C@H]([C@@H](O)CO)[C@@H](O)[C@H](O)[C@@H]3O[C@H]3O[C@H]([C@H](O)CO)[C@@H](O)[C@H](O)[C@@H]3O)[C@@H]2O)[C@H](O)CO)O1. The zero-order valence-corrected chi connectivity index (χ0v) is 28.6. The van der Waals surface area contributed by atoms with E-state index in [1.54, 1.807) is 0 Å². The number of aliphatic hydroxyl groups excluding tert-OH is 16. The molecule has 18 N–H and O–H groups in total. The quantitative estimate of drug-likeness (QED) is 0.0688. The summed E-state index contributed by atoms with van der Waals surface area (Å²) in [5.41, 5.74) is 0. The van der Waals surface area contributed by atoms with Gasteiger partial charge in [-0.25, -0.2) is 4.79 Å². The fourth-order valence-electron chi connectivity index (χ4n) is 6.63. The van der Waals surface area contributed by atoms with Crippen LogP contribution in [0.2, 0.25) is 0 Å². The van der Waals surface area contributed by atoms with Crippen LogP contribution in [0.15, 0.2) is 0 Å².